The van der Waals surface area contributed by atoms with Crippen LogP contribution in [0.3, 0.4) is 0 Å². The molecular formula is C13H21FN2O3S. The smallest absolute Gasteiger partial charge is 0.246 e. The van der Waals surface area contributed by atoms with E-state index in [1.807, 2.05) is 0 Å². The molecule has 20 heavy (non-hydrogen) atoms. The Labute approximate surface area is 119 Å². The Morgan fingerprint density at radius 2 is 2.10 bits per heavy atom. The third-order valence-electron chi connectivity index (χ3n) is 2.89. The first-order valence-corrected chi connectivity index (χ1v) is 7.83. The van der Waals surface area contributed by atoms with Gasteiger partial charge in [-0.25, -0.2) is 12.8 Å². The highest BCUT2D eigenvalue weighted by molar-refractivity contribution is 7.89. The normalized spacial score (nSPS) is 12.1. The molecule has 114 valence electrons. The summed E-state index contributed by atoms with van der Waals surface area (Å²) in [4.78, 5) is -0.289. The van der Waals surface area contributed by atoms with Crippen molar-refractivity contribution in [3.63, 3.8) is 0 Å². The second-order valence-corrected chi connectivity index (χ2v) is 6.19. The van der Waals surface area contributed by atoms with E-state index in [0.717, 1.165) is 5.56 Å². The lowest BCUT2D eigenvalue weighted by molar-refractivity contribution is 0.180. The number of rotatable bonds is 8. The molecule has 7 heteroatoms. The van der Waals surface area contributed by atoms with Gasteiger partial charge < -0.3 is 10.1 Å². The first-order chi connectivity index (χ1) is 9.47. The van der Waals surface area contributed by atoms with Crippen LogP contribution in [-0.2, 0) is 21.3 Å². The lowest BCUT2D eigenvalue weighted by atomic mass is 10.2. The van der Waals surface area contributed by atoms with Gasteiger partial charge in [-0.2, -0.15) is 4.31 Å². The van der Waals surface area contributed by atoms with Crippen LogP contribution in [-0.4, -0.2) is 46.6 Å². The van der Waals surface area contributed by atoms with Crippen molar-refractivity contribution < 1.29 is 17.5 Å². The number of ether oxygens (including phenoxy) is 1. The van der Waals surface area contributed by atoms with E-state index in [1.54, 1.807) is 20.0 Å². The minimum Gasteiger partial charge on any atom is -0.383 e. The van der Waals surface area contributed by atoms with Crippen LogP contribution in [0.25, 0.3) is 0 Å². The fraction of sp³-hybridized carbons (Fsp3) is 0.538. The van der Waals surface area contributed by atoms with Gasteiger partial charge in [0.2, 0.25) is 10.0 Å². The summed E-state index contributed by atoms with van der Waals surface area (Å²) in [5, 5.41) is 2.91. The number of nitrogens with one attached hydrogen (secondary N) is 1. The second kappa shape index (κ2) is 7.68. The molecule has 0 radical (unpaired) electrons. The molecule has 0 aliphatic heterocycles. The van der Waals surface area contributed by atoms with Gasteiger partial charge in [-0.15, -0.1) is 0 Å². The molecule has 0 bridgehead atoms. The molecule has 5 nitrogen and oxygen atoms in total. The van der Waals surface area contributed by atoms with E-state index in [0.29, 0.717) is 6.54 Å². The Balaban J connectivity index is 3.15. The first-order valence-electron chi connectivity index (χ1n) is 6.39. The third-order valence-corrected chi connectivity index (χ3v) is 4.88. The van der Waals surface area contributed by atoms with Gasteiger partial charge in [0.1, 0.15) is 10.7 Å². The summed E-state index contributed by atoms with van der Waals surface area (Å²) >= 11 is 0. The molecule has 0 saturated carbocycles. The zero-order valence-electron chi connectivity index (χ0n) is 12.0. The third kappa shape index (κ3) is 3.99. The number of hydrogen-bond donors (Lipinski definition) is 1. The molecule has 1 aromatic rings. The quantitative estimate of drug-likeness (QED) is 0.784. The van der Waals surface area contributed by atoms with Crippen LogP contribution in [0.2, 0.25) is 0 Å². The average Bonchev–Trinajstić information content (AvgIpc) is 2.41. The molecule has 0 saturated heterocycles. The number of sulfonamides is 1. The van der Waals surface area contributed by atoms with Gasteiger partial charge in [-0.3, -0.25) is 0 Å². The van der Waals surface area contributed by atoms with Crippen LogP contribution in [0.15, 0.2) is 23.1 Å². The van der Waals surface area contributed by atoms with Crippen LogP contribution < -0.4 is 5.32 Å². The predicted molar refractivity (Wildman–Crippen MR) is 75.5 cm³/mol. The molecule has 0 unspecified atom stereocenters. The predicted octanol–water partition coefficient (Wildman–Crippen LogP) is 1.20. The van der Waals surface area contributed by atoms with E-state index in [2.05, 4.69) is 5.32 Å². The highest BCUT2D eigenvalue weighted by Gasteiger charge is 2.26. The zero-order valence-corrected chi connectivity index (χ0v) is 12.8. The second-order valence-electron chi connectivity index (χ2n) is 4.28. The summed E-state index contributed by atoms with van der Waals surface area (Å²) < 4.78 is 44.9. The van der Waals surface area contributed by atoms with Crippen molar-refractivity contribution in [2.75, 3.05) is 33.9 Å². The summed E-state index contributed by atoms with van der Waals surface area (Å²) in [7, 11) is -0.605. The van der Waals surface area contributed by atoms with Crippen molar-refractivity contribution in [2.24, 2.45) is 0 Å². The van der Waals surface area contributed by atoms with Gasteiger partial charge in [0.15, 0.2) is 0 Å². The molecule has 0 spiro atoms. The Morgan fingerprint density at radius 3 is 2.65 bits per heavy atom. The Kier molecular flexibility index (Phi) is 6.54. The first kappa shape index (κ1) is 17.0. The number of likely N-dealkylation sites (N-methyl/N-ethyl adjacent to an activating group) is 1. The van der Waals surface area contributed by atoms with Crippen LogP contribution in [0.4, 0.5) is 4.39 Å². The fourth-order valence-corrected chi connectivity index (χ4v) is 3.39. The molecule has 0 heterocycles. The van der Waals surface area contributed by atoms with E-state index in [1.165, 1.54) is 23.5 Å². The zero-order chi connectivity index (χ0) is 15.2. The molecule has 0 fully saturated rings. The average molecular weight is 304 g/mol. The molecule has 1 aromatic carbocycles. The molecule has 0 amide bonds. The van der Waals surface area contributed by atoms with Crippen LogP contribution in [0.5, 0.6) is 0 Å². The van der Waals surface area contributed by atoms with Gasteiger partial charge in [0, 0.05) is 26.7 Å². The molecule has 0 aliphatic carbocycles. The lowest BCUT2D eigenvalue weighted by Gasteiger charge is -2.20. The Bertz CT molecular complexity index is 534. The van der Waals surface area contributed by atoms with Gasteiger partial charge in [-0.05, 0) is 24.7 Å². The van der Waals surface area contributed by atoms with Gasteiger partial charge in [0.05, 0.1) is 6.61 Å². The maximum Gasteiger partial charge on any atom is 0.246 e. The summed E-state index contributed by atoms with van der Waals surface area (Å²) in [6.45, 7) is 2.92. The van der Waals surface area contributed by atoms with E-state index in [4.69, 9.17) is 4.74 Å². The molecular weight excluding hydrogens is 283 g/mol. The standard InChI is InChI=1S/C13H21FN2O3S/c1-4-16(7-8-19-3)20(17,18)13-9-11(10-15-2)5-6-12(13)14/h5-6,9,15H,4,7-8,10H2,1-3H3. The van der Waals surface area contributed by atoms with Gasteiger partial charge in [-0.1, -0.05) is 13.0 Å². The molecule has 1 N–H and O–H groups in total. The van der Waals surface area contributed by atoms with E-state index in [-0.39, 0.29) is 24.6 Å². The van der Waals surface area contributed by atoms with Gasteiger partial charge in [0.25, 0.3) is 0 Å². The van der Waals surface area contributed by atoms with Crippen molar-refractivity contribution >= 4 is 10.0 Å². The fourth-order valence-electron chi connectivity index (χ4n) is 1.84. The SMILES string of the molecule is CCN(CCOC)S(=O)(=O)c1cc(CNC)ccc1F. The topological polar surface area (TPSA) is 58.6 Å². The number of halogens is 1. The monoisotopic (exact) mass is 304 g/mol. The van der Waals surface area contributed by atoms with Crippen molar-refractivity contribution in [1.82, 2.24) is 9.62 Å². The molecule has 0 aliphatic rings. The van der Waals surface area contributed by atoms with Crippen LogP contribution in [0, 0.1) is 5.82 Å². The van der Waals surface area contributed by atoms with Crippen molar-refractivity contribution in [1.29, 1.82) is 0 Å². The maximum atomic E-state index is 13.9. The number of benzene rings is 1. The Hall–Kier alpha value is -1.02. The van der Waals surface area contributed by atoms with Crippen molar-refractivity contribution in [3.8, 4) is 0 Å². The minimum atomic E-state index is -3.84. The summed E-state index contributed by atoms with van der Waals surface area (Å²) in [6.07, 6.45) is 0. The molecule has 0 atom stereocenters. The minimum absolute atomic E-state index is 0.199. The van der Waals surface area contributed by atoms with E-state index < -0.39 is 15.8 Å². The van der Waals surface area contributed by atoms with Crippen molar-refractivity contribution in [3.05, 3.63) is 29.6 Å². The largest absolute Gasteiger partial charge is 0.383 e. The van der Waals surface area contributed by atoms with Crippen molar-refractivity contribution in [2.45, 2.75) is 18.4 Å². The Morgan fingerprint density at radius 1 is 1.40 bits per heavy atom. The van der Waals surface area contributed by atoms with Gasteiger partial charge >= 0.3 is 0 Å². The summed E-state index contributed by atoms with van der Waals surface area (Å²) in [5.41, 5.74) is 0.718. The maximum absolute atomic E-state index is 13.9. The summed E-state index contributed by atoms with van der Waals surface area (Å²) in [5.74, 6) is -0.735. The highest BCUT2D eigenvalue weighted by Crippen LogP contribution is 2.20. The number of hydrogen-bond acceptors (Lipinski definition) is 4. The summed E-state index contributed by atoms with van der Waals surface area (Å²) in [6, 6.07) is 4.12. The molecule has 1 rings (SSSR count). The number of methoxy groups -OCH3 is 1. The van der Waals surface area contributed by atoms with E-state index in [9.17, 15) is 12.8 Å². The van der Waals surface area contributed by atoms with E-state index >= 15 is 0 Å². The highest BCUT2D eigenvalue weighted by atomic mass is 32.2. The van der Waals surface area contributed by atoms with Crippen LogP contribution >= 0.6 is 0 Å². The number of nitrogens with zero attached hydrogens (tertiary/aromatic N) is 1. The van der Waals surface area contributed by atoms with Crippen LogP contribution in [0.1, 0.15) is 12.5 Å². The molecule has 0 aromatic heterocycles. The lowest BCUT2D eigenvalue weighted by Crippen LogP contribution is -2.34.